The molecule has 1 fully saturated rings. The zero-order valence-electron chi connectivity index (χ0n) is 17.1. The van der Waals surface area contributed by atoms with Crippen molar-refractivity contribution in [1.82, 2.24) is 9.80 Å². The van der Waals surface area contributed by atoms with Crippen molar-refractivity contribution in [3.63, 3.8) is 0 Å². The van der Waals surface area contributed by atoms with Gasteiger partial charge in [-0.25, -0.2) is 0 Å². The van der Waals surface area contributed by atoms with E-state index < -0.39 is 60.8 Å². The Hall–Kier alpha value is -3.44. The Kier molecular flexibility index (Phi) is 10.2. The molecular weight excluding hydrogens is 416 g/mol. The summed E-state index contributed by atoms with van der Waals surface area (Å²) in [7, 11) is 0. The van der Waals surface area contributed by atoms with Crippen molar-refractivity contribution < 1.29 is 48.8 Å². The zero-order valence-corrected chi connectivity index (χ0v) is 17.1. The van der Waals surface area contributed by atoms with E-state index in [-0.39, 0.29) is 32.4 Å². The van der Waals surface area contributed by atoms with E-state index in [4.69, 9.17) is 20.1 Å². The molecule has 2 amide bonds. The number of aliphatic carboxylic acids is 3. The summed E-state index contributed by atoms with van der Waals surface area (Å²) in [5.41, 5.74) is 0. The van der Waals surface area contributed by atoms with Gasteiger partial charge in [-0.15, -0.1) is 0 Å². The number of carboxylic acid groups (broad SMARTS) is 3. The van der Waals surface area contributed by atoms with Gasteiger partial charge in [0.2, 0.25) is 11.8 Å². The Labute approximate surface area is 178 Å². The van der Waals surface area contributed by atoms with Gasteiger partial charge in [0.25, 0.3) is 0 Å². The van der Waals surface area contributed by atoms with Crippen molar-refractivity contribution in [3.05, 3.63) is 12.2 Å². The Balaban J connectivity index is 2.65. The molecule has 1 rings (SSSR count). The first-order valence-corrected chi connectivity index (χ1v) is 9.63. The molecule has 1 unspecified atom stereocenters. The summed E-state index contributed by atoms with van der Waals surface area (Å²) in [6.07, 6.45) is 0.971. The first-order valence-electron chi connectivity index (χ1n) is 9.63. The minimum atomic E-state index is -1.31. The molecule has 31 heavy (non-hydrogen) atoms. The topological polar surface area (TPSA) is 179 Å². The average molecular weight is 442 g/mol. The number of carbonyl (C=O) groups is 6. The summed E-state index contributed by atoms with van der Waals surface area (Å²) < 4.78 is 5.02. The molecule has 1 aliphatic heterocycles. The van der Waals surface area contributed by atoms with E-state index in [1.807, 2.05) is 0 Å². The lowest BCUT2D eigenvalue weighted by molar-refractivity contribution is -0.158. The molecule has 1 heterocycles. The quantitative estimate of drug-likeness (QED) is 0.269. The molecule has 12 heteroatoms. The van der Waals surface area contributed by atoms with E-state index in [0.717, 1.165) is 9.80 Å². The van der Waals surface area contributed by atoms with Gasteiger partial charge in [0.05, 0.1) is 19.3 Å². The smallest absolute Gasteiger partial charge is 0.323 e. The van der Waals surface area contributed by atoms with Crippen molar-refractivity contribution in [2.24, 2.45) is 0 Å². The van der Waals surface area contributed by atoms with Gasteiger partial charge in [0.1, 0.15) is 18.7 Å². The Morgan fingerprint density at radius 2 is 1.68 bits per heavy atom. The highest BCUT2D eigenvalue weighted by molar-refractivity contribution is 5.93. The standard InChI is InChI=1S/C19H26N2O10/c1-2-12(9-15(23)24)31-18(29)6-4-3-5-14(22)21-8-7-20(11-17(27)28)19(30)13(21)10-16(25)26/h3-4,12-13H,2,5-11H2,1H3,(H,23,24)(H,25,26)(H,27,28)/t12?,13-/m1/s1. The van der Waals surface area contributed by atoms with Gasteiger partial charge in [-0.2, -0.15) is 0 Å². The molecule has 0 aromatic rings. The number of piperazine rings is 1. The van der Waals surface area contributed by atoms with Crippen LogP contribution in [-0.4, -0.2) is 92.6 Å². The molecule has 1 aliphatic rings. The van der Waals surface area contributed by atoms with Crippen LogP contribution in [0.2, 0.25) is 0 Å². The van der Waals surface area contributed by atoms with Crippen LogP contribution in [0.1, 0.15) is 39.0 Å². The minimum Gasteiger partial charge on any atom is -0.481 e. The van der Waals surface area contributed by atoms with E-state index in [2.05, 4.69) is 0 Å². The molecule has 0 aliphatic carbocycles. The van der Waals surface area contributed by atoms with Crippen LogP contribution in [0, 0.1) is 0 Å². The summed E-state index contributed by atoms with van der Waals surface area (Å²) in [5.74, 6) is -5.59. The molecule has 3 N–H and O–H groups in total. The van der Waals surface area contributed by atoms with Gasteiger partial charge in [0, 0.05) is 19.5 Å². The molecule has 172 valence electrons. The number of rotatable bonds is 12. The summed E-state index contributed by atoms with van der Waals surface area (Å²) >= 11 is 0. The Morgan fingerprint density at radius 1 is 1.03 bits per heavy atom. The fraction of sp³-hybridized carbons (Fsp3) is 0.579. The van der Waals surface area contributed by atoms with Crippen LogP contribution >= 0.6 is 0 Å². The molecule has 0 aromatic heterocycles. The second-order valence-electron chi connectivity index (χ2n) is 6.85. The highest BCUT2D eigenvalue weighted by Gasteiger charge is 2.38. The normalized spacial score (nSPS) is 17.5. The zero-order chi connectivity index (χ0) is 23.6. The molecule has 0 radical (unpaired) electrons. The SMILES string of the molecule is CCC(CC(=O)O)OC(=O)CC=CCC(=O)N1CCN(CC(=O)O)C(=O)[C@H]1CC(=O)O. The maximum atomic E-state index is 12.5. The van der Waals surface area contributed by atoms with Crippen LogP contribution in [0.25, 0.3) is 0 Å². The number of ether oxygens (including phenoxy) is 1. The van der Waals surface area contributed by atoms with E-state index in [0.29, 0.717) is 6.42 Å². The number of carbonyl (C=O) groups excluding carboxylic acids is 3. The third-order valence-electron chi connectivity index (χ3n) is 4.50. The third-order valence-corrected chi connectivity index (χ3v) is 4.50. The first-order chi connectivity index (χ1) is 14.5. The Bertz CT molecular complexity index is 748. The summed E-state index contributed by atoms with van der Waals surface area (Å²) in [6.45, 7) is 1.05. The van der Waals surface area contributed by atoms with Crippen LogP contribution in [0.5, 0.6) is 0 Å². The summed E-state index contributed by atoms with van der Waals surface area (Å²) in [4.78, 5) is 71.4. The fourth-order valence-corrected chi connectivity index (χ4v) is 3.00. The predicted molar refractivity (Wildman–Crippen MR) is 103 cm³/mol. The van der Waals surface area contributed by atoms with Gasteiger partial charge < -0.3 is 29.9 Å². The minimum absolute atomic E-state index is 0.0148. The van der Waals surface area contributed by atoms with Gasteiger partial charge in [-0.05, 0) is 6.42 Å². The van der Waals surface area contributed by atoms with Crippen molar-refractivity contribution in [2.45, 2.75) is 51.2 Å². The number of hydrogen-bond acceptors (Lipinski definition) is 7. The molecule has 0 spiro atoms. The van der Waals surface area contributed by atoms with Gasteiger partial charge in [-0.1, -0.05) is 19.1 Å². The first kappa shape index (κ1) is 25.6. The largest absolute Gasteiger partial charge is 0.481 e. The number of esters is 1. The van der Waals surface area contributed by atoms with Gasteiger partial charge in [0.15, 0.2) is 0 Å². The molecule has 2 atom stereocenters. The van der Waals surface area contributed by atoms with E-state index in [9.17, 15) is 28.8 Å². The van der Waals surface area contributed by atoms with E-state index in [1.165, 1.54) is 12.2 Å². The lowest BCUT2D eigenvalue weighted by Crippen LogP contribution is -2.60. The van der Waals surface area contributed by atoms with Crippen LogP contribution < -0.4 is 0 Å². The molecule has 0 saturated carbocycles. The number of carboxylic acids is 3. The van der Waals surface area contributed by atoms with Crippen molar-refractivity contribution in [1.29, 1.82) is 0 Å². The maximum absolute atomic E-state index is 12.5. The molecule has 0 aromatic carbocycles. The van der Waals surface area contributed by atoms with Gasteiger partial charge in [-0.3, -0.25) is 28.8 Å². The molecule has 0 bridgehead atoms. The summed E-state index contributed by atoms with van der Waals surface area (Å²) in [6, 6.07) is -1.31. The van der Waals surface area contributed by atoms with Crippen molar-refractivity contribution >= 4 is 35.7 Å². The van der Waals surface area contributed by atoms with E-state index in [1.54, 1.807) is 6.92 Å². The second-order valence-corrected chi connectivity index (χ2v) is 6.85. The Morgan fingerprint density at radius 3 is 2.23 bits per heavy atom. The molecule has 1 saturated heterocycles. The number of amides is 2. The van der Waals surface area contributed by atoms with E-state index >= 15 is 0 Å². The molecular formula is C19H26N2O10. The van der Waals surface area contributed by atoms with Crippen molar-refractivity contribution in [3.8, 4) is 0 Å². The number of nitrogens with zero attached hydrogens (tertiary/aromatic N) is 2. The number of hydrogen-bond donors (Lipinski definition) is 3. The monoisotopic (exact) mass is 442 g/mol. The second kappa shape index (κ2) is 12.3. The van der Waals surface area contributed by atoms with Crippen molar-refractivity contribution in [2.75, 3.05) is 19.6 Å². The maximum Gasteiger partial charge on any atom is 0.323 e. The average Bonchev–Trinajstić information content (AvgIpc) is 2.66. The van der Waals surface area contributed by atoms with Gasteiger partial charge >= 0.3 is 23.9 Å². The van der Waals surface area contributed by atoms with Crippen LogP contribution in [0.3, 0.4) is 0 Å². The van der Waals surface area contributed by atoms with Crippen LogP contribution in [-0.2, 0) is 33.5 Å². The third kappa shape index (κ3) is 8.84. The highest BCUT2D eigenvalue weighted by atomic mass is 16.5. The lowest BCUT2D eigenvalue weighted by atomic mass is 10.1. The van der Waals surface area contributed by atoms with Crippen LogP contribution in [0.15, 0.2) is 12.2 Å². The molecule has 12 nitrogen and oxygen atoms in total. The van der Waals surface area contributed by atoms with Crippen LogP contribution in [0.4, 0.5) is 0 Å². The highest BCUT2D eigenvalue weighted by Crippen LogP contribution is 2.16. The fourth-order valence-electron chi connectivity index (χ4n) is 3.00. The predicted octanol–water partition coefficient (Wildman–Crippen LogP) is -0.282. The summed E-state index contributed by atoms with van der Waals surface area (Å²) in [5, 5.41) is 26.6. The lowest BCUT2D eigenvalue weighted by Gasteiger charge is -2.39.